The predicted molar refractivity (Wildman–Crippen MR) is 110 cm³/mol. The largest absolute Gasteiger partial charge is 0.295 e. The van der Waals surface area contributed by atoms with Crippen molar-refractivity contribution in [2.45, 2.75) is 26.9 Å². The van der Waals surface area contributed by atoms with E-state index in [-0.39, 0.29) is 0 Å². The minimum Gasteiger partial charge on any atom is -0.295 e. The fourth-order valence-corrected chi connectivity index (χ4v) is 3.18. The maximum Gasteiger partial charge on any atom is 0.0622 e. The number of hydrogen-bond donors (Lipinski definition) is 0. The van der Waals surface area contributed by atoms with Crippen molar-refractivity contribution in [2.75, 3.05) is 7.05 Å². The third kappa shape index (κ3) is 3.89. The Morgan fingerprint density at radius 3 is 1.54 bits per heavy atom. The molecule has 0 unspecified atom stereocenters. The molecule has 26 heavy (non-hydrogen) atoms. The van der Waals surface area contributed by atoms with Gasteiger partial charge in [-0.2, -0.15) is 0 Å². The van der Waals surface area contributed by atoms with Crippen molar-refractivity contribution in [2.24, 2.45) is 0 Å². The molecular weight excluding hydrogens is 318 g/mol. The Labute approximate surface area is 155 Å². The zero-order valence-corrected chi connectivity index (χ0v) is 15.7. The average Bonchev–Trinajstić information content (AvgIpc) is 2.70. The highest BCUT2D eigenvalue weighted by Crippen LogP contribution is 2.20. The van der Waals surface area contributed by atoms with Crippen molar-refractivity contribution >= 4 is 21.5 Å². The zero-order chi connectivity index (χ0) is 18.4. The fourth-order valence-electron chi connectivity index (χ4n) is 3.18. The summed E-state index contributed by atoms with van der Waals surface area (Å²) in [6.07, 6.45) is 3.78. The van der Waals surface area contributed by atoms with Gasteiger partial charge in [0.2, 0.25) is 0 Å². The van der Waals surface area contributed by atoms with E-state index < -0.39 is 0 Å². The number of pyridine rings is 2. The van der Waals surface area contributed by atoms with Gasteiger partial charge in [-0.1, -0.05) is 62.4 Å². The summed E-state index contributed by atoms with van der Waals surface area (Å²) in [5.41, 5.74) is 2.21. The molecule has 3 heteroatoms. The van der Waals surface area contributed by atoms with Crippen LogP contribution in [0.1, 0.15) is 25.2 Å². The molecule has 0 spiro atoms. The number of fused-ring (bicyclic) bond motifs is 2. The second-order valence-electron chi connectivity index (χ2n) is 6.13. The Morgan fingerprint density at radius 1 is 0.654 bits per heavy atom. The minimum absolute atomic E-state index is 0.798. The third-order valence-corrected chi connectivity index (χ3v) is 4.35. The number of rotatable bonds is 4. The fraction of sp³-hybridized carbons (Fsp3) is 0.217. The van der Waals surface area contributed by atoms with E-state index in [0.29, 0.717) is 0 Å². The molecule has 0 saturated heterocycles. The lowest BCUT2D eigenvalue weighted by Gasteiger charge is -2.18. The van der Waals surface area contributed by atoms with E-state index in [2.05, 4.69) is 82.6 Å². The maximum absolute atomic E-state index is 4.59. The number of benzene rings is 2. The second-order valence-corrected chi connectivity index (χ2v) is 6.13. The monoisotopic (exact) mass is 343 g/mol. The molecular formula is C23H25N3. The lowest BCUT2D eigenvalue weighted by molar-refractivity contribution is 0.314. The molecule has 2 aromatic heterocycles. The van der Waals surface area contributed by atoms with Gasteiger partial charge in [0.05, 0.1) is 11.4 Å². The van der Waals surface area contributed by atoms with E-state index in [1.54, 1.807) is 0 Å². The molecule has 0 atom stereocenters. The average molecular weight is 343 g/mol. The molecule has 0 radical (unpaired) electrons. The molecule has 0 aliphatic carbocycles. The van der Waals surface area contributed by atoms with Crippen LogP contribution in [-0.2, 0) is 13.1 Å². The van der Waals surface area contributed by atoms with Gasteiger partial charge in [0, 0.05) is 36.3 Å². The highest BCUT2D eigenvalue weighted by Gasteiger charge is 2.09. The molecule has 0 fully saturated rings. The molecule has 4 aromatic rings. The first-order valence-corrected chi connectivity index (χ1v) is 9.15. The summed E-state index contributed by atoms with van der Waals surface area (Å²) in [5, 5.41) is 4.91. The van der Waals surface area contributed by atoms with Gasteiger partial charge in [0.1, 0.15) is 0 Å². The molecule has 132 valence electrons. The third-order valence-electron chi connectivity index (χ3n) is 4.35. The predicted octanol–water partition coefficient (Wildman–Crippen LogP) is 5.44. The highest BCUT2D eigenvalue weighted by molar-refractivity contribution is 5.85. The summed E-state index contributed by atoms with van der Waals surface area (Å²) in [6.45, 7) is 5.60. The van der Waals surface area contributed by atoms with Gasteiger partial charge < -0.3 is 0 Å². The summed E-state index contributed by atoms with van der Waals surface area (Å²) in [5.74, 6) is 0. The van der Waals surface area contributed by atoms with Crippen LogP contribution < -0.4 is 0 Å². The lowest BCUT2D eigenvalue weighted by atomic mass is 10.1. The molecule has 0 N–H and O–H groups in total. The summed E-state index contributed by atoms with van der Waals surface area (Å²) in [4.78, 5) is 11.4. The molecule has 0 saturated carbocycles. The zero-order valence-electron chi connectivity index (χ0n) is 15.7. The molecule has 0 amide bonds. The van der Waals surface area contributed by atoms with Crippen molar-refractivity contribution in [1.82, 2.24) is 14.9 Å². The van der Waals surface area contributed by atoms with Crippen molar-refractivity contribution in [3.63, 3.8) is 0 Å². The van der Waals surface area contributed by atoms with Crippen LogP contribution in [0.15, 0.2) is 73.1 Å². The number of nitrogens with zero attached hydrogens (tertiary/aromatic N) is 3. The van der Waals surface area contributed by atoms with Crippen LogP contribution in [0.2, 0.25) is 0 Å². The van der Waals surface area contributed by atoms with E-state index in [1.165, 1.54) is 21.5 Å². The first kappa shape index (κ1) is 18.0. The first-order valence-electron chi connectivity index (χ1n) is 9.15. The van der Waals surface area contributed by atoms with Crippen LogP contribution >= 0.6 is 0 Å². The van der Waals surface area contributed by atoms with Gasteiger partial charge in [-0.3, -0.25) is 14.9 Å². The van der Waals surface area contributed by atoms with Crippen LogP contribution in [0.3, 0.4) is 0 Å². The van der Waals surface area contributed by atoms with Crippen molar-refractivity contribution < 1.29 is 0 Å². The number of aromatic nitrogens is 2. The SMILES string of the molecule is CC.CN(Cc1nccc2ccccc12)Cc1nccc2ccccc12. The lowest BCUT2D eigenvalue weighted by Crippen LogP contribution is -2.19. The molecule has 3 nitrogen and oxygen atoms in total. The van der Waals surface area contributed by atoms with E-state index in [9.17, 15) is 0 Å². The Hall–Kier alpha value is -2.78. The first-order chi connectivity index (χ1) is 12.8. The Bertz CT molecular complexity index is 903. The normalized spacial score (nSPS) is 10.8. The van der Waals surface area contributed by atoms with Crippen LogP contribution in [0.4, 0.5) is 0 Å². The second kappa shape index (κ2) is 8.54. The summed E-state index contributed by atoms with van der Waals surface area (Å²) in [6, 6.07) is 20.9. The Morgan fingerprint density at radius 2 is 1.08 bits per heavy atom. The van der Waals surface area contributed by atoms with E-state index >= 15 is 0 Å². The molecule has 4 rings (SSSR count). The van der Waals surface area contributed by atoms with Crippen molar-refractivity contribution in [3.8, 4) is 0 Å². The molecule has 2 aromatic carbocycles. The molecule has 0 bridgehead atoms. The standard InChI is InChI=1S/C21H19N3.C2H6/c1-24(14-20-18-8-4-2-6-16(18)10-12-22-20)15-21-19-9-5-3-7-17(19)11-13-23-21;1-2/h2-13H,14-15H2,1H3;1-2H3. The van der Waals surface area contributed by atoms with Gasteiger partial charge in [-0.25, -0.2) is 0 Å². The minimum atomic E-state index is 0.798. The Kier molecular flexibility index (Phi) is 5.92. The molecule has 0 aliphatic heterocycles. The van der Waals surface area contributed by atoms with Crippen molar-refractivity contribution in [3.05, 3.63) is 84.4 Å². The summed E-state index contributed by atoms with van der Waals surface area (Å²) < 4.78 is 0. The molecule has 2 heterocycles. The van der Waals surface area contributed by atoms with E-state index in [4.69, 9.17) is 0 Å². The van der Waals surface area contributed by atoms with Gasteiger partial charge in [0.25, 0.3) is 0 Å². The van der Waals surface area contributed by atoms with E-state index in [0.717, 1.165) is 24.5 Å². The smallest absolute Gasteiger partial charge is 0.0622 e. The highest BCUT2D eigenvalue weighted by atomic mass is 15.1. The van der Waals surface area contributed by atoms with Crippen LogP contribution in [0.25, 0.3) is 21.5 Å². The van der Waals surface area contributed by atoms with Gasteiger partial charge in [0.15, 0.2) is 0 Å². The number of hydrogen-bond acceptors (Lipinski definition) is 3. The molecule has 0 aliphatic rings. The van der Waals surface area contributed by atoms with Gasteiger partial charge in [-0.05, 0) is 30.0 Å². The van der Waals surface area contributed by atoms with Gasteiger partial charge >= 0.3 is 0 Å². The summed E-state index contributed by atoms with van der Waals surface area (Å²) in [7, 11) is 2.12. The van der Waals surface area contributed by atoms with E-state index in [1.807, 2.05) is 26.2 Å². The van der Waals surface area contributed by atoms with Gasteiger partial charge in [-0.15, -0.1) is 0 Å². The Balaban J connectivity index is 0.000000948. The summed E-state index contributed by atoms with van der Waals surface area (Å²) >= 11 is 0. The maximum atomic E-state index is 4.59. The van der Waals surface area contributed by atoms with Crippen molar-refractivity contribution in [1.29, 1.82) is 0 Å². The van der Waals surface area contributed by atoms with Crippen LogP contribution in [0, 0.1) is 0 Å². The quantitative estimate of drug-likeness (QED) is 0.494. The topological polar surface area (TPSA) is 29.0 Å². The van der Waals surface area contributed by atoms with Crippen LogP contribution in [0.5, 0.6) is 0 Å². The van der Waals surface area contributed by atoms with Crippen LogP contribution in [-0.4, -0.2) is 21.9 Å².